The summed E-state index contributed by atoms with van der Waals surface area (Å²) in [5.74, 6) is -1.19. The summed E-state index contributed by atoms with van der Waals surface area (Å²) in [6.45, 7) is 4.22. The van der Waals surface area contributed by atoms with Crippen molar-refractivity contribution in [1.82, 2.24) is 15.5 Å². The molecule has 8 nitrogen and oxygen atoms in total. The van der Waals surface area contributed by atoms with E-state index in [1.54, 1.807) is 6.92 Å². The van der Waals surface area contributed by atoms with Gasteiger partial charge in [-0.2, -0.15) is 0 Å². The third-order valence-corrected chi connectivity index (χ3v) is 2.88. The third kappa shape index (κ3) is 5.98. The van der Waals surface area contributed by atoms with Crippen LogP contribution in [-0.4, -0.2) is 75.2 Å². The zero-order chi connectivity index (χ0) is 15.0. The predicted molar refractivity (Wildman–Crippen MR) is 69.9 cm³/mol. The summed E-state index contributed by atoms with van der Waals surface area (Å²) in [5.41, 5.74) is 0. The molecule has 0 radical (unpaired) electrons. The second-order valence-corrected chi connectivity index (χ2v) is 4.47. The number of nitrogens with zero attached hydrogens (tertiary/aromatic N) is 1. The normalized spacial score (nSPS) is 17.1. The van der Waals surface area contributed by atoms with E-state index in [0.717, 1.165) is 0 Å². The van der Waals surface area contributed by atoms with Crippen molar-refractivity contribution in [3.8, 4) is 0 Å². The number of hydrogen-bond donors (Lipinski definition) is 2. The average molecular weight is 287 g/mol. The molecule has 0 aromatic rings. The fourth-order valence-electron chi connectivity index (χ4n) is 1.70. The molecule has 1 aliphatic rings. The van der Waals surface area contributed by atoms with Crippen molar-refractivity contribution in [2.45, 2.75) is 13.0 Å². The number of methoxy groups -OCH3 is 1. The van der Waals surface area contributed by atoms with Crippen LogP contribution in [0.5, 0.6) is 0 Å². The molecule has 1 aliphatic heterocycles. The van der Waals surface area contributed by atoms with E-state index >= 15 is 0 Å². The highest BCUT2D eigenvalue weighted by atomic mass is 16.5. The lowest BCUT2D eigenvalue weighted by molar-refractivity contribution is -0.141. The summed E-state index contributed by atoms with van der Waals surface area (Å²) in [6.07, 6.45) is 0. The second kappa shape index (κ2) is 8.49. The summed E-state index contributed by atoms with van der Waals surface area (Å²) in [4.78, 5) is 36.2. The number of rotatable bonds is 6. The maximum Gasteiger partial charge on any atom is 0.325 e. The van der Waals surface area contributed by atoms with Crippen LogP contribution in [0.3, 0.4) is 0 Å². The quantitative estimate of drug-likeness (QED) is 0.555. The van der Waals surface area contributed by atoms with Crippen LogP contribution in [0.1, 0.15) is 6.92 Å². The molecule has 1 fully saturated rings. The maximum absolute atomic E-state index is 11.8. The molecule has 20 heavy (non-hydrogen) atoms. The molecule has 0 aromatic carbocycles. The van der Waals surface area contributed by atoms with Crippen molar-refractivity contribution in [1.29, 1.82) is 0 Å². The zero-order valence-corrected chi connectivity index (χ0v) is 11.8. The van der Waals surface area contributed by atoms with Gasteiger partial charge in [0.05, 0.1) is 26.9 Å². The molecule has 0 aliphatic carbocycles. The van der Waals surface area contributed by atoms with E-state index in [-0.39, 0.29) is 19.0 Å². The number of esters is 1. The van der Waals surface area contributed by atoms with Gasteiger partial charge in [-0.1, -0.05) is 0 Å². The first-order valence-corrected chi connectivity index (χ1v) is 6.47. The molecule has 1 rings (SSSR count). The molecule has 1 unspecified atom stereocenters. The zero-order valence-electron chi connectivity index (χ0n) is 11.8. The lowest BCUT2D eigenvalue weighted by Crippen LogP contribution is -2.50. The van der Waals surface area contributed by atoms with Crippen LogP contribution >= 0.6 is 0 Å². The van der Waals surface area contributed by atoms with Crippen LogP contribution in [0.2, 0.25) is 0 Å². The molecule has 0 saturated carbocycles. The van der Waals surface area contributed by atoms with Crippen molar-refractivity contribution in [3.05, 3.63) is 0 Å². The van der Waals surface area contributed by atoms with E-state index in [1.807, 2.05) is 4.90 Å². The molecular weight excluding hydrogens is 266 g/mol. The van der Waals surface area contributed by atoms with Gasteiger partial charge < -0.3 is 20.1 Å². The molecule has 0 bridgehead atoms. The monoisotopic (exact) mass is 287 g/mol. The Hall–Kier alpha value is -1.67. The van der Waals surface area contributed by atoms with Gasteiger partial charge >= 0.3 is 5.97 Å². The minimum Gasteiger partial charge on any atom is -0.468 e. The van der Waals surface area contributed by atoms with Gasteiger partial charge in [0.15, 0.2) is 0 Å². The van der Waals surface area contributed by atoms with Crippen LogP contribution in [0.25, 0.3) is 0 Å². The molecule has 0 aromatic heterocycles. The Morgan fingerprint density at radius 3 is 2.55 bits per heavy atom. The minimum atomic E-state index is -0.701. The Kier molecular flexibility index (Phi) is 6.96. The Morgan fingerprint density at radius 2 is 1.95 bits per heavy atom. The van der Waals surface area contributed by atoms with Gasteiger partial charge in [-0.3, -0.25) is 19.3 Å². The molecule has 8 heteroatoms. The first-order chi connectivity index (χ1) is 9.52. The molecule has 1 saturated heterocycles. The lowest BCUT2D eigenvalue weighted by Gasteiger charge is -2.26. The SMILES string of the molecule is COC(=O)CNC(=O)C(C)NC(=O)CN1CCOCC1. The van der Waals surface area contributed by atoms with Crippen LogP contribution in [-0.2, 0) is 23.9 Å². The van der Waals surface area contributed by atoms with E-state index in [1.165, 1.54) is 7.11 Å². The standard InChI is InChI=1S/C12H21N3O5/c1-9(12(18)13-7-11(17)19-2)14-10(16)8-15-3-5-20-6-4-15/h9H,3-8H2,1-2H3,(H,13,18)(H,14,16). The summed E-state index contributed by atoms with van der Waals surface area (Å²) >= 11 is 0. The van der Waals surface area contributed by atoms with Gasteiger partial charge in [-0.25, -0.2) is 0 Å². The maximum atomic E-state index is 11.8. The number of morpholine rings is 1. The van der Waals surface area contributed by atoms with Gasteiger partial charge in [0.2, 0.25) is 11.8 Å². The van der Waals surface area contributed by atoms with Crippen molar-refractivity contribution in [2.24, 2.45) is 0 Å². The predicted octanol–water partition coefficient (Wildman–Crippen LogP) is -1.89. The van der Waals surface area contributed by atoms with Gasteiger partial charge in [-0.15, -0.1) is 0 Å². The molecule has 2 amide bonds. The molecule has 1 atom stereocenters. The molecule has 1 heterocycles. The first-order valence-electron chi connectivity index (χ1n) is 6.47. The Bertz CT molecular complexity index is 355. The number of amides is 2. The fourth-order valence-corrected chi connectivity index (χ4v) is 1.70. The van der Waals surface area contributed by atoms with E-state index in [4.69, 9.17) is 4.74 Å². The Labute approximate surface area is 117 Å². The van der Waals surface area contributed by atoms with Crippen LogP contribution in [0, 0.1) is 0 Å². The Balaban J connectivity index is 2.25. The smallest absolute Gasteiger partial charge is 0.325 e. The van der Waals surface area contributed by atoms with Crippen molar-refractivity contribution >= 4 is 17.8 Å². The average Bonchev–Trinajstić information content (AvgIpc) is 2.45. The van der Waals surface area contributed by atoms with Crippen LogP contribution < -0.4 is 10.6 Å². The van der Waals surface area contributed by atoms with Crippen molar-refractivity contribution in [3.63, 3.8) is 0 Å². The van der Waals surface area contributed by atoms with Gasteiger partial charge in [0.25, 0.3) is 0 Å². The number of ether oxygens (including phenoxy) is 2. The number of nitrogens with one attached hydrogen (secondary N) is 2. The second-order valence-electron chi connectivity index (χ2n) is 4.47. The van der Waals surface area contributed by atoms with Crippen molar-refractivity contribution < 1.29 is 23.9 Å². The lowest BCUT2D eigenvalue weighted by atomic mass is 10.3. The largest absolute Gasteiger partial charge is 0.468 e. The minimum absolute atomic E-state index is 0.209. The van der Waals surface area contributed by atoms with Gasteiger partial charge in [0.1, 0.15) is 12.6 Å². The fraction of sp³-hybridized carbons (Fsp3) is 0.750. The Morgan fingerprint density at radius 1 is 1.30 bits per heavy atom. The molecular formula is C12H21N3O5. The topological polar surface area (TPSA) is 97.0 Å². The van der Waals surface area contributed by atoms with Crippen molar-refractivity contribution in [2.75, 3.05) is 46.5 Å². The molecule has 2 N–H and O–H groups in total. The summed E-state index contributed by atoms with van der Waals surface area (Å²) in [7, 11) is 1.24. The van der Waals surface area contributed by atoms with E-state index in [2.05, 4.69) is 15.4 Å². The van der Waals surface area contributed by atoms with E-state index < -0.39 is 17.9 Å². The van der Waals surface area contributed by atoms with Gasteiger partial charge in [-0.05, 0) is 6.92 Å². The highest BCUT2D eigenvalue weighted by molar-refractivity contribution is 5.89. The highest BCUT2D eigenvalue weighted by Crippen LogP contribution is 1.96. The molecule has 114 valence electrons. The molecule has 0 spiro atoms. The van der Waals surface area contributed by atoms with E-state index in [0.29, 0.717) is 26.3 Å². The first kappa shape index (κ1) is 16.4. The van der Waals surface area contributed by atoms with Gasteiger partial charge in [0, 0.05) is 13.1 Å². The summed E-state index contributed by atoms with van der Waals surface area (Å²) in [6, 6.07) is -0.701. The van der Waals surface area contributed by atoms with Crippen LogP contribution in [0.4, 0.5) is 0 Å². The number of carbonyl (C=O) groups excluding carboxylic acids is 3. The van der Waals surface area contributed by atoms with Crippen LogP contribution in [0.15, 0.2) is 0 Å². The summed E-state index contributed by atoms with van der Waals surface area (Å²) < 4.78 is 9.59. The highest BCUT2D eigenvalue weighted by Gasteiger charge is 2.19. The summed E-state index contributed by atoms with van der Waals surface area (Å²) in [5, 5.41) is 4.96. The van der Waals surface area contributed by atoms with E-state index in [9.17, 15) is 14.4 Å². The third-order valence-electron chi connectivity index (χ3n) is 2.88. The number of hydrogen-bond acceptors (Lipinski definition) is 6. The number of carbonyl (C=O) groups is 3.